The molecule has 0 saturated carbocycles. The molecule has 5 nitrogen and oxygen atoms in total. The number of sulfonamides is 1. The maximum Gasteiger partial charge on any atom is 0.250 e. The molecule has 0 aliphatic rings. The highest BCUT2D eigenvalue weighted by atomic mass is 79.9. The third kappa shape index (κ3) is 3.76. The first-order valence-corrected chi connectivity index (χ1v) is 9.11. The smallest absolute Gasteiger partial charge is 0.250 e. The van der Waals surface area contributed by atoms with Crippen molar-refractivity contribution in [3.05, 3.63) is 39.2 Å². The molecule has 0 bridgehead atoms. The second-order valence-corrected chi connectivity index (χ2v) is 8.78. The van der Waals surface area contributed by atoms with Crippen molar-refractivity contribution in [2.45, 2.75) is 17.7 Å². The predicted octanol–water partition coefficient (Wildman–Crippen LogP) is 2.89. The Morgan fingerprint density at radius 3 is 2.67 bits per heavy atom. The fraction of sp³-hybridized carbons (Fsp3) is 0.231. The van der Waals surface area contributed by atoms with Crippen LogP contribution >= 0.6 is 27.3 Å². The monoisotopic (exact) mass is 390 g/mol. The van der Waals surface area contributed by atoms with Gasteiger partial charge >= 0.3 is 0 Å². The predicted molar refractivity (Wildman–Crippen MR) is 88.2 cm³/mol. The van der Waals surface area contributed by atoms with E-state index in [1.165, 1.54) is 18.4 Å². The van der Waals surface area contributed by atoms with Crippen LogP contribution in [0, 0.1) is 6.92 Å². The van der Waals surface area contributed by atoms with E-state index in [-0.39, 0.29) is 10.8 Å². The number of thiophene rings is 1. The second kappa shape index (κ2) is 6.35. The van der Waals surface area contributed by atoms with Crippen LogP contribution in [0.3, 0.4) is 0 Å². The van der Waals surface area contributed by atoms with E-state index in [9.17, 15) is 8.42 Å². The summed E-state index contributed by atoms with van der Waals surface area (Å²) in [6, 6.07) is 6.74. The Morgan fingerprint density at radius 2 is 2.10 bits per heavy atom. The summed E-state index contributed by atoms with van der Waals surface area (Å²) < 4.78 is 33.4. The van der Waals surface area contributed by atoms with Gasteiger partial charge in [-0.2, -0.15) is 0 Å². The van der Waals surface area contributed by atoms with E-state index >= 15 is 0 Å². The van der Waals surface area contributed by atoms with Gasteiger partial charge in [0.15, 0.2) is 0 Å². The molecule has 8 heteroatoms. The van der Waals surface area contributed by atoms with Gasteiger partial charge in [-0.25, -0.2) is 13.1 Å². The lowest BCUT2D eigenvalue weighted by atomic mass is 10.2. The van der Waals surface area contributed by atoms with Crippen LogP contribution in [0.5, 0.6) is 5.75 Å². The largest absolute Gasteiger partial charge is 0.496 e. The Balaban J connectivity index is 2.21. The van der Waals surface area contributed by atoms with E-state index in [1.54, 1.807) is 24.3 Å². The van der Waals surface area contributed by atoms with Gasteiger partial charge in [0.05, 0.1) is 10.9 Å². The molecule has 2 rings (SSSR count). The minimum absolute atomic E-state index is 0.116. The highest BCUT2D eigenvalue weighted by Crippen LogP contribution is 2.30. The lowest BCUT2D eigenvalue weighted by molar-refractivity contribution is 0.409. The summed E-state index contributed by atoms with van der Waals surface area (Å²) in [6.07, 6.45) is 0. The van der Waals surface area contributed by atoms with Gasteiger partial charge in [-0.1, -0.05) is 0 Å². The summed E-state index contributed by atoms with van der Waals surface area (Å²) in [4.78, 5) is 0. The Kier molecular flexibility index (Phi) is 4.92. The zero-order valence-electron chi connectivity index (χ0n) is 11.5. The quantitative estimate of drug-likeness (QED) is 0.768. The standard InChI is InChI=1S/C13H15BrN2O3S2/c1-8-5-12(20-13(8)14)21(17,18)16-7-9-6-10(15)3-4-11(9)19-2/h3-6,16H,7,15H2,1-2H3. The molecule has 114 valence electrons. The topological polar surface area (TPSA) is 81.4 Å². The van der Waals surface area contributed by atoms with Gasteiger partial charge in [0.2, 0.25) is 10.0 Å². The minimum atomic E-state index is -3.56. The molecule has 1 aromatic heterocycles. The van der Waals surface area contributed by atoms with Crippen molar-refractivity contribution in [2.24, 2.45) is 0 Å². The molecule has 0 unspecified atom stereocenters. The van der Waals surface area contributed by atoms with Crippen molar-refractivity contribution in [1.29, 1.82) is 0 Å². The summed E-state index contributed by atoms with van der Waals surface area (Å²) in [5.41, 5.74) is 7.85. The van der Waals surface area contributed by atoms with Gasteiger partial charge in [0.1, 0.15) is 9.96 Å². The first-order valence-electron chi connectivity index (χ1n) is 6.01. The number of rotatable bonds is 5. The zero-order valence-corrected chi connectivity index (χ0v) is 14.7. The first-order chi connectivity index (χ1) is 9.83. The number of hydrogen-bond acceptors (Lipinski definition) is 5. The lowest BCUT2D eigenvalue weighted by Crippen LogP contribution is -2.22. The number of hydrogen-bond donors (Lipinski definition) is 2. The van der Waals surface area contributed by atoms with Gasteiger partial charge in [-0.3, -0.25) is 0 Å². The normalized spacial score (nSPS) is 11.6. The lowest BCUT2D eigenvalue weighted by Gasteiger charge is -2.10. The Labute approximate surface area is 136 Å². The molecule has 0 aliphatic heterocycles. The fourth-order valence-electron chi connectivity index (χ4n) is 1.74. The van der Waals surface area contributed by atoms with Crippen LogP contribution in [0.15, 0.2) is 32.3 Å². The van der Waals surface area contributed by atoms with Gasteiger partial charge in [-0.05, 0) is 52.7 Å². The molecule has 0 aliphatic carbocycles. The van der Waals surface area contributed by atoms with E-state index in [0.29, 0.717) is 17.0 Å². The van der Waals surface area contributed by atoms with Gasteiger partial charge in [0.25, 0.3) is 0 Å². The number of nitrogens with two attached hydrogens (primary N) is 1. The molecule has 1 heterocycles. The van der Waals surface area contributed by atoms with Crippen LogP contribution in [0.2, 0.25) is 0 Å². The van der Waals surface area contributed by atoms with E-state index in [0.717, 1.165) is 9.35 Å². The molecule has 2 aromatic rings. The zero-order chi connectivity index (χ0) is 15.6. The Bertz CT molecular complexity index is 737. The summed E-state index contributed by atoms with van der Waals surface area (Å²) in [6.45, 7) is 1.96. The number of halogens is 1. The SMILES string of the molecule is COc1ccc(N)cc1CNS(=O)(=O)c1cc(C)c(Br)s1. The van der Waals surface area contributed by atoms with E-state index in [1.807, 2.05) is 6.92 Å². The van der Waals surface area contributed by atoms with Crippen LogP contribution in [0.4, 0.5) is 5.69 Å². The van der Waals surface area contributed by atoms with Crippen LogP contribution in [0.25, 0.3) is 0 Å². The molecule has 1 aromatic carbocycles. The fourth-order valence-corrected chi connectivity index (χ4v) is 5.02. The molecule has 0 spiro atoms. The van der Waals surface area contributed by atoms with Crippen molar-refractivity contribution in [2.75, 3.05) is 12.8 Å². The van der Waals surface area contributed by atoms with Gasteiger partial charge in [0, 0.05) is 17.8 Å². The number of ether oxygens (including phenoxy) is 1. The maximum atomic E-state index is 12.3. The second-order valence-electron chi connectivity index (χ2n) is 4.42. The number of benzene rings is 1. The average Bonchev–Trinajstić information content (AvgIpc) is 2.77. The van der Waals surface area contributed by atoms with Crippen molar-refractivity contribution in [3.63, 3.8) is 0 Å². The van der Waals surface area contributed by atoms with E-state index in [4.69, 9.17) is 10.5 Å². The molecule has 0 saturated heterocycles. The molecular weight excluding hydrogens is 376 g/mol. The molecule has 21 heavy (non-hydrogen) atoms. The molecule has 0 fully saturated rings. The van der Waals surface area contributed by atoms with Crippen LogP contribution in [0.1, 0.15) is 11.1 Å². The first kappa shape index (κ1) is 16.3. The van der Waals surface area contributed by atoms with E-state index < -0.39 is 10.0 Å². The van der Waals surface area contributed by atoms with Crippen molar-refractivity contribution < 1.29 is 13.2 Å². The molecule has 0 radical (unpaired) electrons. The average molecular weight is 391 g/mol. The third-order valence-electron chi connectivity index (χ3n) is 2.86. The third-order valence-corrected chi connectivity index (χ3v) is 6.87. The highest BCUT2D eigenvalue weighted by molar-refractivity contribution is 9.11. The van der Waals surface area contributed by atoms with Crippen LogP contribution in [-0.4, -0.2) is 15.5 Å². The van der Waals surface area contributed by atoms with Crippen molar-refractivity contribution in [3.8, 4) is 5.75 Å². The molecule has 0 atom stereocenters. The Hall–Kier alpha value is -1.09. The maximum absolute atomic E-state index is 12.3. The molecule has 3 N–H and O–H groups in total. The summed E-state index contributed by atoms with van der Waals surface area (Å²) >= 11 is 4.51. The number of nitrogens with one attached hydrogen (secondary N) is 1. The van der Waals surface area contributed by atoms with Crippen LogP contribution in [-0.2, 0) is 16.6 Å². The molecule has 0 amide bonds. The number of methoxy groups -OCH3 is 1. The van der Waals surface area contributed by atoms with Crippen LogP contribution < -0.4 is 15.2 Å². The van der Waals surface area contributed by atoms with Gasteiger partial charge < -0.3 is 10.5 Å². The van der Waals surface area contributed by atoms with E-state index in [2.05, 4.69) is 20.7 Å². The van der Waals surface area contributed by atoms with Gasteiger partial charge in [-0.15, -0.1) is 11.3 Å². The Morgan fingerprint density at radius 1 is 1.38 bits per heavy atom. The van der Waals surface area contributed by atoms with Crippen molar-refractivity contribution in [1.82, 2.24) is 4.72 Å². The molecular formula is C13H15BrN2O3S2. The number of aryl methyl sites for hydroxylation is 1. The number of anilines is 1. The number of nitrogen functional groups attached to an aromatic ring is 1. The minimum Gasteiger partial charge on any atom is -0.496 e. The van der Waals surface area contributed by atoms with Crippen molar-refractivity contribution >= 4 is 43.0 Å². The summed E-state index contributed by atoms with van der Waals surface area (Å²) in [5.74, 6) is 0.593. The summed E-state index contributed by atoms with van der Waals surface area (Å²) in [7, 11) is -2.02. The summed E-state index contributed by atoms with van der Waals surface area (Å²) in [5, 5.41) is 0. The highest BCUT2D eigenvalue weighted by Gasteiger charge is 2.18.